The number of aliphatic carboxylic acids is 1. The van der Waals surface area contributed by atoms with Crippen LogP contribution in [0.4, 0.5) is 0 Å². The highest BCUT2D eigenvalue weighted by atomic mass is 79.9. The number of rotatable bonds is 2. The summed E-state index contributed by atoms with van der Waals surface area (Å²) in [4.78, 5) is 22.4. The molecule has 2 N–H and O–H groups in total. The highest BCUT2D eigenvalue weighted by Crippen LogP contribution is 2.30. The number of piperidine rings is 1. The van der Waals surface area contributed by atoms with Gasteiger partial charge in [-0.05, 0) is 17.7 Å². The molecule has 0 aliphatic carbocycles. The zero-order chi connectivity index (χ0) is 12.4. The summed E-state index contributed by atoms with van der Waals surface area (Å²) >= 11 is 3.34. The topological polar surface area (TPSA) is 66.4 Å². The average molecular weight is 298 g/mol. The molecule has 1 aliphatic rings. The van der Waals surface area contributed by atoms with Crippen LogP contribution in [0.2, 0.25) is 0 Å². The van der Waals surface area contributed by atoms with E-state index >= 15 is 0 Å². The van der Waals surface area contributed by atoms with Crippen molar-refractivity contribution in [1.29, 1.82) is 0 Å². The van der Waals surface area contributed by atoms with Gasteiger partial charge in [0.15, 0.2) is 0 Å². The first kappa shape index (κ1) is 12.1. The van der Waals surface area contributed by atoms with E-state index in [0.717, 1.165) is 10.0 Å². The standard InChI is InChI=1S/C12H12BrNO3/c13-8-3-1-7(2-4-8)10-6-14-11(15)5-9(10)12(16)17/h1-4,9-10H,5-6H2,(H,14,15)(H,16,17). The molecule has 0 saturated carbocycles. The predicted octanol–water partition coefficient (Wildman–Crippen LogP) is 1.75. The van der Waals surface area contributed by atoms with Gasteiger partial charge >= 0.3 is 5.97 Å². The first-order chi connectivity index (χ1) is 8.08. The number of hydrogen-bond donors (Lipinski definition) is 2. The van der Waals surface area contributed by atoms with Crippen molar-refractivity contribution in [2.45, 2.75) is 12.3 Å². The summed E-state index contributed by atoms with van der Waals surface area (Å²) in [5.41, 5.74) is 0.945. The Hall–Kier alpha value is -1.36. The summed E-state index contributed by atoms with van der Waals surface area (Å²) in [6, 6.07) is 7.54. The van der Waals surface area contributed by atoms with E-state index in [2.05, 4.69) is 21.2 Å². The van der Waals surface area contributed by atoms with Crippen LogP contribution in [0.3, 0.4) is 0 Å². The Bertz CT molecular complexity index is 444. The van der Waals surface area contributed by atoms with E-state index < -0.39 is 11.9 Å². The van der Waals surface area contributed by atoms with E-state index in [0.29, 0.717) is 6.54 Å². The van der Waals surface area contributed by atoms with Crippen molar-refractivity contribution >= 4 is 27.8 Å². The first-order valence-corrected chi connectivity index (χ1v) is 6.12. The SMILES string of the molecule is O=C1CC(C(=O)O)C(c2ccc(Br)cc2)CN1. The highest BCUT2D eigenvalue weighted by Gasteiger charge is 2.35. The second-order valence-corrected chi connectivity index (χ2v) is 5.03. The van der Waals surface area contributed by atoms with Crippen LogP contribution in [0, 0.1) is 5.92 Å². The minimum atomic E-state index is -0.909. The lowest BCUT2D eigenvalue weighted by molar-refractivity contribution is -0.146. The van der Waals surface area contributed by atoms with Crippen LogP contribution < -0.4 is 5.32 Å². The Kier molecular flexibility index (Phi) is 3.47. The molecule has 1 aromatic carbocycles. The molecule has 1 amide bonds. The monoisotopic (exact) mass is 297 g/mol. The van der Waals surface area contributed by atoms with Crippen molar-refractivity contribution in [1.82, 2.24) is 5.32 Å². The van der Waals surface area contributed by atoms with Gasteiger partial charge in [0.05, 0.1) is 5.92 Å². The number of nitrogens with one attached hydrogen (secondary N) is 1. The zero-order valence-corrected chi connectivity index (χ0v) is 10.6. The molecular weight excluding hydrogens is 286 g/mol. The van der Waals surface area contributed by atoms with Crippen LogP contribution in [-0.2, 0) is 9.59 Å². The second-order valence-electron chi connectivity index (χ2n) is 4.11. The number of carbonyl (C=O) groups excluding carboxylic acids is 1. The van der Waals surface area contributed by atoms with Gasteiger partial charge in [0.1, 0.15) is 0 Å². The molecule has 0 aromatic heterocycles. The van der Waals surface area contributed by atoms with E-state index in [-0.39, 0.29) is 18.2 Å². The third kappa shape index (κ3) is 2.66. The van der Waals surface area contributed by atoms with Crippen LogP contribution >= 0.6 is 15.9 Å². The molecule has 5 heteroatoms. The van der Waals surface area contributed by atoms with Gasteiger partial charge in [0.2, 0.25) is 5.91 Å². The lowest BCUT2D eigenvalue weighted by Crippen LogP contribution is -2.42. The molecule has 1 fully saturated rings. The van der Waals surface area contributed by atoms with E-state index in [1.54, 1.807) is 0 Å². The van der Waals surface area contributed by atoms with Crippen molar-refractivity contribution in [2.75, 3.05) is 6.54 Å². The largest absolute Gasteiger partial charge is 0.481 e. The van der Waals surface area contributed by atoms with Crippen molar-refractivity contribution in [2.24, 2.45) is 5.92 Å². The fraction of sp³-hybridized carbons (Fsp3) is 0.333. The van der Waals surface area contributed by atoms with E-state index in [1.165, 1.54) is 0 Å². The van der Waals surface area contributed by atoms with Crippen LogP contribution in [0.25, 0.3) is 0 Å². The maximum Gasteiger partial charge on any atom is 0.307 e. The summed E-state index contributed by atoms with van der Waals surface area (Å²) in [7, 11) is 0. The molecule has 2 atom stereocenters. The Labute approximate surface area is 107 Å². The molecule has 90 valence electrons. The summed E-state index contributed by atoms with van der Waals surface area (Å²) < 4.78 is 0.952. The van der Waals surface area contributed by atoms with Crippen molar-refractivity contribution < 1.29 is 14.7 Å². The molecule has 1 saturated heterocycles. The highest BCUT2D eigenvalue weighted by molar-refractivity contribution is 9.10. The normalized spacial score (nSPS) is 24.2. The number of benzene rings is 1. The Balaban J connectivity index is 2.26. The van der Waals surface area contributed by atoms with Crippen LogP contribution in [-0.4, -0.2) is 23.5 Å². The molecular formula is C12H12BrNO3. The van der Waals surface area contributed by atoms with E-state index in [4.69, 9.17) is 5.11 Å². The summed E-state index contributed by atoms with van der Waals surface area (Å²) in [6.07, 6.45) is 0.0517. The second kappa shape index (κ2) is 4.87. The number of hydrogen-bond acceptors (Lipinski definition) is 2. The van der Waals surface area contributed by atoms with Gasteiger partial charge < -0.3 is 10.4 Å². The first-order valence-electron chi connectivity index (χ1n) is 5.33. The molecule has 2 unspecified atom stereocenters. The van der Waals surface area contributed by atoms with Crippen LogP contribution in [0.5, 0.6) is 0 Å². The summed E-state index contributed by atoms with van der Waals surface area (Å²) in [5.74, 6) is -1.89. The molecule has 1 aliphatic heterocycles. The lowest BCUT2D eigenvalue weighted by Gasteiger charge is -2.29. The lowest BCUT2D eigenvalue weighted by atomic mass is 9.81. The van der Waals surface area contributed by atoms with Gasteiger partial charge in [-0.25, -0.2) is 0 Å². The van der Waals surface area contributed by atoms with Crippen LogP contribution in [0.15, 0.2) is 28.7 Å². The summed E-state index contributed by atoms with van der Waals surface area (Å²) in [5, 5.41) is 11.9. The van der Waals surface area contributed by atoms with Crippen molar-refractivity contribution in [3.05, 3.63) is 34.3 Å². The quantitative estimate of drug-likeness (QED) is 0.874. The number of carboxylic acids is 1. The van der Waals surface area contributed by atoms with Gasteiger partial charge in [-0.2, -0.15) is 0 Å². The van der Waals surface area contributed by atoms with Gasteiger partial charge in [-0.3, -0.25) is 9.59 Å². The summed E-state index contributed by atoms with van der Waals surface area (Å²) in [6.45, 7) is 0.386. The molecule has 1 aromatic rings. The number of carbonyl (C=O) groups is 2. The Morgan fingerprint density at radius 3 is 2.59 bits per heavy atom. The Morgan fingerprint density at radius 1 is 1.35 bits per heavy atom. The van der Waals surface area contributed by atoms with E-state index in [9.17, 15) is 9.59 Å². The van der Waals surface area contributed by atoms with Crippen molar-refractivity contribution in [3.63, 3.8) is 0 Å². The maximum absolute atomic E-state index is 11.2. The molecule has 2 rings (SSSR count). The fourth-order valence-electron chi connectivity index (χ4n) is 2.10. The minimum Gasteiger partial charge on any atom is -0.481 e. The third-order valence-electron chi connectivity index (χ3n) is 3.03. The maximum atomic E-state index is 11.2. The number of amides is 1. The molecule has 0 spiro atoms. The number of carboxylic acid groups (broad SMARTS) is 1. The molecule has 0 bridgehead atoms. The van der Waals surface area contributed by atoms with Gasteiger partial charge in [0.25, 0.3) is 0 Å². The van der Waals surface area contributed by atoms with Gasteiger partial charge in [0, 0.05) is 23.4 Å². The van der Waals surface area contributed by atoms with Gasteiger partial charge in [-0.15, -0.1) is 0 Å². The van der Waals surface area contributed by atoms with Gasteiger partial charge in [-0.1, -0.05) is 28.1 Å². The molecule has 4 nitrogen and oxygen atoms in total. The average Bonchev–Trinajstić information content (AvgIpc) is 2.30. The fourth-order valence-corrected chi connectivity index (χ4v) is 2.36. The van der Waals surface area contributed by atoms with E-state index in [1.807, 2.05) is 24.3 Å². The molecule has 17 heavy (non-hydrogen) atoms. The molecule has 1 heterocycles. The third-order valence-corrected chi connectivity index (χ3v) is 3.55. The zero-order valence-electron chi connectivity index (χ0n) is 9.02. The Morgan fingerprint density at radius 2 is 2.00 bits per heavy atom. The molecule has 0 radical (unpaired) electrons. The van der Waals surface area contributed by atoms with Crippen LogP contribution in [0.1, 0.15) is 17.9 Å². The smallest absolute Gasteiger partial charge is 0.307 e. The number of halogens is 1. The predicted molar refractivity (Wildman–Crippen MR) is 65.6 cm³/mol. The minimum absolute atomic E-state index is 0.0517. The van der Waals surface area contributed by atoms with Crippen molar-refractivity contribution in [3.8, 4) is 0 Å².